The van der Waals surface area contributed by atoms with Gasteiger partial charge in [-0.15, -0.1) is 0 Å². The van der Waals surface area contributed by atoms with E-state index in [1.807, 2.05) is 19.1 Å². The van der Waals surface area contributed by atoms with Gasteiger partial charge < -0.3 is 20.7 Å². The van der Waals surface area contributed by atoms with Gasteiger partial charge in [0, 0.05) is 5.69 Å². The van der Waals surface area contributed by atoms with Crippen molar-refractivity contribution in [2.24, 2.45) is 0 Å². The van der Waals surface area contributed by atoms with Crippen molar-refractivity contribution in [1.82, 2.24) is 10.6 Å². The average Bonchev–Trinajstić information content (AvgIpc) is 2.67. The number of carbonyl (C=O) groups excluding carboxylic acids is 1. The van der Waals surface area contributed by atoms with E-state index in [2.05, 4.69) is 16.0 Å². The molecule has 10 heteroatoms. The smallest absolute Gasteiger partial charge is 0.259 e. The Hall–Kier alpha value is -1.80. The summed E-state index contributed by atoms with van der Waals surface area (Å²) in [6.07, 6.45) is -0.227. The molecule has 0 aromatic heterocycles. The zero-order valence-corrected chi connectivity index (χ0v) is 18.4. The number of nitrogens with one attached hydrogen (secondary N) is 3. The van der Waals surface area contributed by atoms with Gasteiger partial charge in [-0.25, -0.2) is 4.39 Å². The molecule has 0 radical (unpaired) electrons. The van der Waals surface area contributed by atoms with Gasteiger partial charge in [-0.2, -0.15) is 0 Å². The molecule has 0 fully saturated rings. The summed E-state index contributed by atoms with van der Waals surface area (Å²) in [6.45, 7) is 1.77. The van der Waals surface area contributed by atoms with Gasteiger partial charge in [-0.05, 0) is 60.6 Å². The predicted octanol–water partition coefficient (Wildman–Crippen LogP) is 4.57. The third-order valence-electron chi connectivity index (χ3n) is 3.71. The van der Waals surface area contributed by atoms with E-state index in [1.165, 1.54) is 24.3 Å². The lowest BCUT2D eigenvalue weighted by molar-refractivity contribution is -0.123. The van der Waals surface area contributed by atoms with E-state index in [1.54, 1.807) is 12.1 Å². The third-order valence-corrected chi connectivity index (χ3v) is 4.59. The number of hydrogen-bond acceptors (Lipinski definition) is 3. The molecule has 0 bridgehead atoms. The van der Waals surface area contributed by atoms with Crippen molar-refractivity contribution < 1.29 is 13.9 Å². The number of anilines is 1. The second kappa shape index (κ2) is 10.8. The van der Waals surface area contributed by atoms with Gasteiger partial charge in [-0.1, -0.05) is 53.9 Å². The van der Waals surface area contributed by atoms with E-state index in [9.17, 15) is 9.18 Å². The van der Waals surface area contributed by atoms with Gasteiger partial charge in [0.15, 0.2) is 11.7 Å². The molecule has 2 aromatic rings. The van der Waals surface area contributed by atoms with Crippen molar-refractivity contribution in [2.75, 3.05) is 11.9 Å². The number of carbonyl (C=O) groups is 1. The third kappa shape index (κ3) is 8.22. The number of thiocarbonyl (C=S) groups is 1. The van der Waals surface area contributed by atoms with Crippen LogP contribution in [-0.2, 0) is 11.2 Å². The number of benzene rings is 2. The first-order chi connectivity index (χ1) is 13.7. The van der Waals surface area contributed by atoms with Gasteiger partial charge in [0.1, 0.15) is 17.7 Å². The number of rotatable bonds is 7. The summed E-state index contributed by atoms with van der Waals surface area (Å²) in [5, 5.41) is 8.11. The van der Waals surface area contributed by atoms with Crippen LogP contribution in [0.3, 0.4) is 0 Å². The van der Waals surface area contributed by atoms with E-state index >= 15 is 0 Å². The Balaban J connectivity index is 1.90. The van der Waals surface area contributed by atoms with E-state index < -0.39 is 15.9 Å². The van der Waals surface area contributed by atoms with Crippen molar-refractivity contribution >= 4 is 63.7 Å². The van der Waals surface area contributed by atoms with Crippen LogP contribution >= 0.6 is 47.0 Å². The molecule has 29 heavy (non-hydrogen) atoms. The number of hydrogen-bond donors (Lipinski definition) is 3. The maximum Gasteiger partial charge on any atom is 0.259 e. The fraction of sp³-hybridized carbons (Fsp3) is 0.263. The minimum absolute atomic E-state index is 0.0734. The Kier molecular flexibility index (Phi) is 8.77. The second-order valence-corrected chi connectivity index (χ2v) is 8.71. The van der Waals surface area contributed by atoms with E-state index in [-0.39, 0.29) is 17.5 Å². The summed E-state index contributed by atoms with van der Waals surface area (Å²) in [5.41, 5.74) is 1.68. The van der Waals surface area contributed by atoms with Gasteiger partial charge in [-0.3, -0.25) is 4.79 Å². The van der Waals surface area contributed by atoms with Crippen molar-refractivity contribution in [1.29, 1.82) is 0 Å². The quantitative estimate of drug-likeness (QED) is 0.309. The highest BCUT2D eigenvalue weighted by molar-refractivity contribution is 7.80. The van der Waals surface area contributed by atoms with Crippen molar-refractivity contribution in [3.05, 3.63) is 59.9 Å². The molecule has 0 aliphatic carbocycles. The second-order valence-electron chi connectivity index (χ2n) is 5.93. The van der Waals surface area contributed by atoms with Crippen LogP contribution in [0.5, 0.6) is 5.75 Å². The van der Waals surface area contributed by atoms with Crippen LogP contribution < -0.4 is 20.7 Å². The molecule has 1 unspecified atom stereocenters. The Bertz CT molecular complexity index is 830. The monoisotopic (exact) mass is 477 g/mol. The molecule has 3 N–H and O–H groups in total. The average molecular weight is 479 g/mol. The topological polar surface area (TPSA) is 62.4 Å². The first-order valence-electron chi connectivity index (χ1n) is 8.58. The molecule has 0 aliphatic heterocycles. The molecule has 0 heterocycles. The number of aryl methyl sites for hydroxylation is 1. The molecule has 5 nitrogen and oxygen atoms in total. The molecule has 0 saturated carbocycles. The first-order valence-corrected chi connectivity index (χ1v) is 10.1. The van der Waals surface area contributed by atoms with Gasteiger partial charge in [0.2, 0.25) is 3.79 Å². The molecular weight excluding hydrogens is 460 g/mol. The van der Waals surface area contributed by atoms with Crippen LogP contribution in [0, 0.1) is 5.82 Å². The highest BCUT2D eigenvalue weighted by atomic mass is 35.6. The van der Waals surface area contributed by atoms with Crippen molar-refractivity contribution in [3.8, 4) is 5.75 Å². The number of amides is 1. The minimum Gasteiger partial charge on any atom is -0.484 e. The lowest BCUT2D eigenvalue weighted by atomic mass is 10.2. The molecule has 0 aliphatic rings. The van der Waals surface area contributed by atoms with Crippen LogP contribution in [0.15, 0.2) is 48.5 Å². The van der Waals surface area contributed by atoms with Gasteiger partial charge >= 0.3 is 0 Å². The normalized spacial score (nSPS) is 12.0. The Morgan fingerprint density at radius 2 is 1.72 bits per heavy atom. The van der Waals surface area contributed by atoms with Crippen LogP contribution in [-0.4, -0.2) is 27.6 Å². The zero-order chi connectivity index (χ0) is 21.4. The number of halogens is 4. The Labute approximate surface area is 188 Å². The standard InChI is InChI=1S/C19H19Cl3FN3O2S/c1-2-12-3-9-15(10-4-12)28-11-16(27)25-17(19(20,21)22)26-18(29)24-14-7-5-13(23)6-8-14/h3-10,17H,2,11H2,1H3,(H,25,27)(H2,24,26,29). The Morgan fingerprint density at radius 1 is 1.10 bits per heavy atom. The summed E-state index contributed by atoms with van der Waals surface area (Å²) in [7, 11) is 0. The maximum atomic E-state index is 13.0. The zero-order valence-electron chi connectivity index (χ0n) is 15.3. The van der Waals surface area contributed by atoms with Gasteiger partial charge in [0.05, 0.1) is 0 Å². The van der Waals surface area contributed by atoms with Gasteiger partial charge in [0.25, 0.3) is 5.91 Å². The predicted molar refractivity (Wildman–Crippen MR) is 119 cm³/mol. The lowest BCUT2D eigenvalue weighted by Gasteiger charge is -2.27. The van der Waals surface area contributed by atoms with Crippen molar-refractivity contribution in [3.63, 3.8) is 0 Å². The molecule has 0 saturated heterocycles. The lowest BCUT2D eigenvalue weighted by Crippen LogP contribution is -2.56. The highest BCUT2D eigenvalue weighted by Gasteiger charge is 2.34. The minimum atomic E-state index is -1.90. The van der Waals surface area contributed by atoms with E-state index in [4.69, 9.17) is 51.8 Å². The summed E-state index contributed by atoms with van der Waals surface area (Å²) in [6, 6.07) is 12.9. The maximum absolute atomic E-state index is 13.0. The fourth-order valence-electron chi connectivity index (χ4n) is 2.20. The molecular formula is C19H19Cl3FN3O2S. The summed E-state index contributed by atoms with van der Waals surface area (Å²) >= 11 is 23.0. The summed E-state index contributed by atoms with van der Waals surface area (Å²) < 4.78 is 16.5. The van der Waals surface area contributed by atoms with Crippen LogP contribution in [0.2, 0.25) is 0 Å². The molecule has 1 amide bonds. The first kappa shape index (κ1) is 23.5. The van der Waals surface area contributed by atoms with E-state index in [0.29, 0.717) is 11.4 Å². The van der Waals surface area contributed by atoms with Crippen LogP contribution in [0.1, 0.15) is 12.5 Å². The van der Waals surface area contributed by atoms with Crippen LogP contribution in [0.4, 0.5) is 10.1 Å². The highest BCUT2D eigenvalue weighted by Crippen LogP contribution is 2.29. The van der Waals surface area contributed by atoms with E-state index in [0.717, 1.165) is 12.0 Å². The van der Waals surface area contributed by atoms with Crippen LogP contribution in [0.25, 0.3) is 0 Å². The summed E-state index contributed by atoms with van der Waals surface area (Å²) in [5.74, 6) is -0.354. The molecule has 2 rings (SSSR count). The SMILES string of the molecule is CCc1ccc(OCC(=O)NC(NC(=S)Nc2ccc(F)cc2)C(Cl)(Cl)Cl)cc1. The number of ether oxygens (including phenoxy) is 1. The molecule has 156 valence electrons. The van der Waals surface area contributed by atoms with Crippen molar-refractivity contribution in [2.45, 2.75) is 23.3 Å². The molecule has 1 atom stereocenters. The molecule has 2 aromatic carbocycles. The Morgan fingerprint density at radius 3 is 2.28 bits per heavy atom. The summed E-state index contributed by atoms with van der Waals surface area (Å²) in [4.78, 5) is 12.2. The molecule has 0 spiro atoms. The number of alkyl halides is 3. The largest absolute Gasteiger partial charge is 0.484 e. The fourth-order valence-corrected chi connectivity index (χ4v) is 2.77.